The van der Waals surface area contributed by atoms with E-state index in [0.29, 0.717) is 37.8 Å². The highest BCUT2D eigenvalue weighted by atomic mass is 19.1. The first-order valence-electron chi connectivity index (χ1n) is 17.8. The minimum atomic E-state index is -1.18. The van der Waals surface area contributed by atoms with Gasteiger partial charge in [-0.1, -0.05) is 56.3 Å². The Morgan fingerprint density at radius 2 is 1.49 bits per heavy atom. The van der Waals surface area contributed by atoms with Gasteiger partial charge in [0.25, 0.3) is 0 Å². The Labute approximate surface area is 300 Å². The summed E-state index contributed by atoms with van der Waals surface area (Å²) in [5.74, 6) is -3.26. The molecule has 13 heteroatoms. The van der Waals surface area contributed by atoms with Gasteiger partial charge in [0.15, 0.2) is 5.78 Å². The van der Waals surface area contributed by atoms with Crippen molar-refractivity contribution in [2.45, 2.75) is 95.3 Å². The molecule has 3 rings (SSSR count). The third-order valence-electron chi connectivity index (χ3n) is 9.39. The van der Waals surface area contributed by atoms with Gasteiger partial charge in [0, 0.05) is 25.4 Å². The number of piperidine rings is 1. The van der Waals surface area contributed by atoms with Gasteiger partial charge in [-0.3, -0.25) is 24.0 Å². The molecule has 1 aliphatic rings. The monoisotopic (exact) mass is 710 g/mol. The molecule has 1 heterocycles. The number of nitrogens with two attached hydrogens (primary N) is 3. The van der Waals surface area contributed by atoms with Crippen LogP contribution in [-0.4, -0.2) is 84.8 Å². The van der Waals surface area contributed by atoms with Crippen LogP contribution in [0.3, 0.4) is 0 Å². The van der Waals surface area contributed by atoms with Crippen LogP contribution in [0.25, 0.3) is 0 Å². The number of amides is 3. The molecular weight excluding hydrogens is 655 g/mol. The van der Waals surface area contributed by atoms with Crippen molar-refractivity contribution >= 4 is 29.5 Å². The lowest BCUT2D eigenvalue weighted by molar-refractivity contribution is -0.151. The number of nitrogens with zero attached hydrogens (tertiary/aromatic N) is 1. The average Bonchev–Trinajstić information content (AvgIpc) is 3.11. The molecule has 12 nitrogen and oxygen atoms in total. The standard InChI is InChI=1S/C38H55FN6O6/c1-25(2)21-28(34(47)43-31(11-7-8-18-40)36(49)45-19-16-38(42,17-20-45)37(50)51-3)24-33(46)32(23-26-9-5-4-6-10-26)44-35(48)30(41)22-27-12-14-29(39)15-13-27/h4-6,9-10,12-15,25,28,30-32H,7-8,11,16-24,40-42H2,1-3H3,(H,43,47)(H,44,48)/t28-,30+,31+,32+/m0/s1. The molecule has 0 saturated carbocycles. The molecule has 1 fully saturated rings. The van der Waals surface area contributed by atoms with Crippen molar-refractivity contribution in [3.05, 3.63) is 71.5 Å². The minimum Gasteiger partial charge on any atom is -0.468 e. The zero-order valence-electron chi connectivity index (χ0n) is 30.1. The second kappa shape index (κ2) is 20.0. The maximum absolute atomic E-state index is 14.0. The number of nitrogens with one attached hydrogen (secondary N) is 2. The highest BCUT2D eigenvalue weighted by Gasteiger charge is 2.41. The van der Waals surface area contributed by atoms with Gasteiger partial charge in [-0.25, -0.2) is 4.39 Å². The van der Waals surface area contributed by atoms with Crippen LogP contribution >= 0.6 is 0 Å². The Hall–Kier alpha value is -4.20. The zero-order valence-corrected chi connectivity index (χ0v) is 30.1. The second-order valence-electron chi connectivity index (χ2n) is 14.0. The summed E-state index contributed by atoms with van der Waals surface area (Å²) < 4.78 is 18.2. The number of benzene rings is 2. The van der Waals surface area contributed by atoms with E-state index < -0.39 is 53.2 Å². The normalized spacial score (nSPS) is 16.4. The first kappa shape index (κ1) is 41.2. The number of ketones is 1. The third-order valence-corrected chi connectivity index (χ3v) is 9.39. The molecule has 0 bridgehead atoms. The molecule has 3 amide bonds. The highest BCUT2D eigenvalue weighted by Crippen LogP contribution is 2.24. The Balaban J connectivity index is 1.77. The summed E-state index contributed by atoms with van der Waals surface area (Å²) >= 11 is 0. The predicted octanol–water partition coefficient (Wildman–Crippen LogP) is 2.15. The molecule has 4 atom stereocenters. The highest BCUT2D eigenvalue weighted by molar-refractivity contribution is 5.95. The van der Waals surface area contributed by atoms with E-state index in [0.717, 1.165) is 5.56 Å². The summed E-state index contributed by atoms with van der Waals surface area (Å²) in [5.41, 5.74) is 18.5. The molecule has 1 saturated heterocycles. The number of unbranched alkanes of at least 4 members (excludes halogenated alkanes) is 1. The maximum Gasteiger partial charge on any atom is 0.325 e. The molecule has 0 unspecified atom stereocenters. The Bertz CT molecular complexity index is 1450. The smallest absolute Gasteiger partial charge is 0.325 e. The summed E-state index contributed by atoms with van der Waals surface area (Å²) in [7, 11) is 1.28. The topological polar surface area (TPSA) is 200 Å². The van der Waals surface area contributed by atoms with Gasteiger partial charge in [0.2, 0.25) is 17.7 Å². The van der Waals surface area contributed by atoms with Crippen molar-refractivity contribution < 1.29 is 33.1 Å². The lowest BCUT2D eigenvalue weighted by Gasteiger charge is -2.38. The largest absolute Gasteiger partial charge is 0.468 e. The second-order valence-corrected chi connectivity index (χ2v) is 14.0. The predicted molar refractivity (Wildman–Crippen MR) is 192 cm³/mol. The van der Waals surface area contributed by atoms with Gasteiger partial charge in [0.1, 0.15) is 17.4 Å². The molecule has 280 valence electrons. The number of hydrogen-bond acceptors (Lipinski definition) is 9. The first-order chi connectivity index (χ1) is 24.3. The van der Waals surface area contributed by atoms with Gasteiger partial charge < -0.3 is 37.5 Å². The number of Topliss-reactive ketones (excluding diaryl/α,β-unsaturated/α-hetero) is 1. The van der Waals surface area contributed by atoms with Crippen LogP contribution in [0.4, 0.5) is 4.39 Å². The molecule has 0 spiro atoms. The lowest BCUT2D eigenvalue weighted by atomic mass is 9.87. The number of esters is 1. The minimum absolute atomic E-state index is 0.0457. The molecule has 1 aliphatic heterocycles. The van der Waals surface area contributed by atoms with Crippen LogP contribution in [-0.2, 0) is 41.6 Å². The SMILES string of the molecule is COC(=O)C1(N)CCN(C(=O)[C@@H](CCCCN)NC(=O)[C@H](CC(=O)[C@@H](Cc2ccccc2)NC(=O)[C@H](N)Cc2ccc(F)cc2)CC(C)C)CC1. The number of ether oxygens (including phenoxy) is 1. The van der Waals surface area contributed by atoms with E-state index in [-0.39, 0.29) is 62.8 Å². The van der Waals surface area contributed by atoms with Crippen LogP contribution in [0.5, 0.6) is 0 Å². The van der Waals surface area contributed by atoms with Gasteiger partial charge in [-0.05, 0) is 87.1 Å². The van der Waals surface area contributed by atoms with Crippen LogP contribution in [0.15, 0.2) is 54.6 Å². The van der Waals surface area contributed by atoms with Crippen molar-refractivity contribution in [2.75, 3.05) is 26.7 Å². The summed E-state index contributed by atoms with van der Waals surface area (Å²) in [5, 5.41) is 5.75. The Morgan fingerprint density at radius 1 is 0.882 bits per heavy atom. The molecule has 51 heavy (non-hydrogen) atoms. The molecular formula is C38H55FN6O6. The summed E-state index contributed by atoms with van der Waals surface area (Å²) in [4.78, 5) is 68.8. The van der Waals surface area contributed by atoms with Crippen molar-refractivity contribution in [1.29, 1.82) is 0 Å². The number of rotatable bonds is 19. The van der Waals surface area contributed by atoms with Crippen LogP contribution < -0.4 is 27.8 Å². The molecule has 0 radical (unpaired) electrons. The zero-order chi connectivity index (χ0) is 37.6. The van der Waals surface area contributed by atoms with Gasteiger partial charge >= 0.3 is 5.97 Å². The van der Waals surface area contributed by atoms with Crippen LogP contribution in [0.2, 0.25) is 0 Å². The average molecular weight is 711 g/mol. The van der Waals surface area contributed by atoms with Crippen LogP contribution in [0.1, 0.15) is 69.9 Å². The van der Waals surface area contributed by atoms with Crippen molar-refractivity contribution in [3.8, 4) is 0 Å². The third kappa shape index (κ3) is 12.8. The van der Waals surface area contributed by atoms with Gasteiger partial charge in [-0.15, -0.1) is 0 Å². The molecule has 8 N–H and O–H groups in total. The number of hydrogen-bond donors (Lipinski definition) is 5. The molecule has 2 aromatic carbocycles. The van der Waals surface area contributed by atoms with E-state index >= 15 is 0 Å². The summed E-state index contributed by atoms with van der Waals surface area (Å²) in [6.45, 7) is 4.78. The molecule has 0 aromatic heterocycles. The Morgan fingerprint density at radius 3 is 2.08 bits per heavy atom. The van der Waals surface area contributed by atoms with Crippen LogP contribution in [0, 0.1) is 17.7 Å². The number of methoxy groups -OCH3 is 1. The first-order valence-corrected chi connectivity index (χ1v) is 17.8. The number of likely N-dealkylation sites (tertiary alicyclic amines) is 1. The number of carbonyl (C=O) groups is 5. The maximum atomic E-state index is 14.0. The van der Waals surface area contributed by atoms with Crippen molar-refractivity contribution in [1.82, 2.24) is 15.5 Å². The molecule has 2 aromatic rings. The number of halogens is 1. The van der Waals surface area contributed by atoms with E-state index in [2.05, 4.69) is 10.6 Å². The van der Waals surface area contributed by atoms with E-state index in [1.807, 2.05) is 44.2 Å². The Kier molecular flexibility index (Phi) is 16.2. The fourth-order valence-electron chi connectivity index (χ4n) is 6.37. The fourth-order valence-corrected chi connectivity index (χ4v) is 6.37. The summed E-state index contributed by atoms with van der Waals surface area (Å²) in [6, 6.07) is 12.1. The number of carbonyl (C=O) groups excluding carboxylic acids is 5. The quantitative estimate of drug-likeness (QED) is 0.107. The fraction of sp³-hybridized carbons (Fsp3) is 0.553. The van der Waals surface area contributed by atoms with Gasteiger partial charge in [0.05, 0.1) is 19.2 Å². The molecule has 0 aliphatic carbocycles. The lowest BCUT2D eigenvalue weighted by Crippen LogP contribution is -2.59. The van der Waals surface area contributed by atoms with E-state index in [1.165, 1.54) is 19.2 Å². The summed E-state index contributed by atoms with van der Waals surface area (Å²) in [6.07, 6.45) is 2.59. The van der Waals surface area contributed by atoms with E-state index in [9.17, 15) is 28.4 Å². The van der Waals surface area contributed by atoms with Gasteiger partial charge in [-0.2, -0.15) is 0 Å². The van der Waals surface area contributed by atoms with Crippen molar-refractivity contribution in [3.63, 3.8) is 0 Å². The van der Waals surface area contributed by atoms with E-state index in [4.69, 9.17) is 21.9 Å². The van der Waals surface area contributed by atoms with Crippen molar-refractivity contribution in [2.24, 2.45) is 29.0 Å². The van der Waals surface area contributed by atoms with E-state index in [1.54, 1.807) is 17.0 Å².